The number of hydrogen-bond donors (Lipinski definition) is 2. The zero-order valence-electron chi connectivity index (χ0n) is 11.6. The molecule has 3 rings (SSSR count). The summed E-state index contributed by atoms with van der Waals surface area (Å²) in [6.07, 6.45) is 0.273. The maximum Gasteiger partial charge on any atom is 0.234 e. The summed E-state index contributed by atoms with van der Waals surface area (Å²) in [7, 11) is 0. The number of carbonyl (C=O) groups is 2. The third-order valence-electron chi connectivity index (χ3n) is 3.17. The van der Waals surface area contributed by atoms with Crippen LogP contribution >= 0.6 is 23.4 Å². The van der Waals surface area contributed by atoms with E-state index in [1.54, 1.807) is 18.2 Å². The zero-order chi connectivity index (χ0) is 15.5. The van der Waals surface area contributed by atoms with Crippen LogP contribution in [0.3, 0.4) is 0 Å². The lowest BCUT2D eigenvalue weighted by Gasteiger charge is -2.17. The lowest BCUT2D eigenvalue weighted by molar-refractivity contribution is -0.115. The highest BCUT2D eigenvalue weighted by Gasteiger charge is 2.16. The van der Waals surface area contributed by atoms with Crippen molar-refractivity contribution in [2.75, 3.05) is 16.4 Å². The molecular formula is C16H13ClN2O2S. The van der Waals surface area contributed by atoms with Crippen molar-refractivity contribution in [3.8, 4) is 0 Å². The van der Waals surface area contributed by atoms with Gasteiger partial charge in [0.25, 0.3) is 0 Å². The SMILES string of the molecule is O=C(Cc1ccc(Cl)cc1)Nc1ccc2c(c1)NC(=O)CS2. The summed E-state index contributed by atoms with van der Waals surface area (Å²) in [5.74, 6) is 0.286. The number of amides is 2. The Balaban J connectivity index is 1.67. The molecule has 0 aliphatic carbocycles. The number of carbonyl (C=O) groups excluding carboxylic acids is 2. The lowest BCUT2D eigenvalue weighted by Crippen LogP contribution is -2.19. The highest BCUT2D eigenvalue weighted by atomic mass is 35.5. The molecular weight excluding hydrogens is 320 g/mol. The molecule has 0 spiro atoms. The van der Waals surface area contributed by atoms with Gasteiger partial charge in [0.05, 0.1) is 17.9 Å². The van der Waals surface area contributed by atoms with Crippen molar-refractivity contribution in [2.24, 2.45) is 0 Å². The topological polar surface area (TPSA) is 58.2 Å². The largest absolute Gasteiger partial charge is 0.326 e. The molecule has 0 aromatic heterocycles. The minimum atomic E-state index is -0.114. The third-order valence-corrected chi connectivity index (χ3v) is 4.50. The molecule has 112 valence electrons. The summed E-state index contributed by atoms with van der Waals surface area (Å²) in [5.41, 5.74) is 2.30. The van der Waals surface area contributed by atoms with Crippen LogP contribution in [-0.2, 0) is 16.0 Å². The second-order valence-electron chi connectivity index (χ2n) is 4.90. The number of rotatable bonds is 3. The average Bonchev–Trinajstić information content (AvgIpc) is 2.49. The summed E-state index contributed by atoms with van der Waals surface area (Å²) in [6, 6.07) is 12.7. The standard InChI is InChI=1S/C16H13ClN2O2S/c17-11-3-1-10(2-4-11)7-15(20)18-12-5-6-14-13(8-12)19-16(21)9-22-14/h1-6,8H,7,9H2,(H,18,20)(H,19,21). The Hall–Kier alpha value is -1.98. The van der Waals surface area contributed by atoms with Crippen LogP contribution < -0.4 is 10.6 Å². The van der Waals surface area contributed by atoms with E-state index < -0.39 is 0 Å². The number of hydrogen-bond acceptors (Lipinski definition) is 3. The number of benzene rings is 2. The summed E-state index contributed by atoms with van der Waals surface area (Å²) in [4.78, 5) is 24.5. The first-order chi connectivity index (χ1) is 10.6. The molecule has 2 N–H and O–H groups in total. The molecule has 1 aliphatic heterocycles. The normalized spacial score (nSPS) is 13.2. The molecule has 1 aliphatic rings. The Morgan fingerprint density at radius 3 is 2.77 bits per heavy atom. The fraction of sp³-hybridized carbons (Fsp3) is 0.125. The van der Waals surface area contributed by atoms with Crippen LogP contribution in [-0.4, -0.2) is 17.6 Å². The molecule has 6 heteroatoms. The van der Waals surface area contributed by atoms with Gasteiger partial charge in [-0.25, -0.2) is 0 Å². The summed E-state index contributed by atoms with van der Waals surface area (Å²) in [6.45, 7) is 0. The van der Waals surface area contributed by atoms with Gasteiger partial charge < -0.3 is 10.6 Å². The summed E-state index contributed by atoms with van der Waals surface area (Å²) >= 11 is 7.31. The minimum absolute atomic E-state index is 0.0258. The van der Waals surface area contributed by atoms with E-state index in [2.05, 4.69) is 10.6 Å². The smallest absolute Gasteiger partial charge is 0.234 e. The molecule has 1 heterocycles. The van der Waals surface area contributed by atoms with E-state index in [9.17, 15) is 9.59 Å². The van der Waals surface area contributed by atoms with Crippen LogP contribution in [0.2, 0.25) is 5.02 Å². The molecule has 0 unspecified atom stereocenters. The fourth-order valence-electron chi connectivity index (χ4n) is 2.15. The Morgan fingerprint density at radius 1 is 1.23 bits per heavy atom. The van der Waals surface area contributed by atoms with E-state index in [1.165, 1.54) is 11.8 Å². The van der Waals surface area contributed by atoms with E-state index in [0.717, 1.165) is 16.1 Å². The van der Waals surface area contributed by atoms with Gasteiger partial charge in [0.15, 0.2) is 0 Å². The molecule has 4 nitrogen and oxygen atoms in total. The van der Waals surface area contributed by atoms with E-state index in [0.29, 0.717) is 16.5 Å². The summed E-state index contributed by atoms with van der Waals surface area (Å²) < 4.78 is 0. The number of nitrogens with one attached hydrogen (secondary N) is 2. The highest BCUT2D eigenvalue weighted by molar-refractivity contribution is 8.00. The third kappa shape index (κ3) is 3.61. The van der Waals surface area contributed by atoms with Crippen molar-refractivity contribution in [3.05, 3.63) is 53.1 Å². The summed E-state index contributed by atoms with van der Waals surface area (Å²) in [5, 5.41) is 6.29. The molecule has 0 fully saturated rings. The van der Waals surface area contributed by atoms with Crippen LogP contribution in [0.25, 0.3) is 0 Å². The molecule has 0 atom stereocenters. The second kappa shape index (κ2) is 6.42. The fourth-order valence-corrected chi connectivity index (χ4v) is 3.07. The quantitative estimate of drug-likeness (QED) is 0.903. The minimum Gasteiger partial charge on any atom is -0.326 e. The maximum atomic E-state index is 12.1. The molecule has 2 aromatic carbocycles. The lowest BCUT2D eigenvalue weighted by atomic mass is 10.1. The number of fused-ring (bicyclic) bond motifs is 1. The van der Waals surface area contributed by atoms with Crippen LogP contribution in [0.4, 0.5) is 11.4 Å². The zero-order valence-corrected chi connectivity index (χ0v) is 13.1. The Bertz CT molecular complexity index is 731. The Kier molecular flexibility index (Phi) is 4.36. The van der Waals surface area contributed by atoms with Crippen molar-refractivity contribution < 1.29 is 9.59 Å². The van der Waals surface area contributed by atoms with Gasteiger partial charge in [-0.2, -0.15) is 0 Å². The van der Waals surface area contributed by atoms with Crippen LogP contribution in [0, 0.1) is 0 Å². The van der Waals surface area contributed by atoms with Gasteiger partial charge in [-0.1, -0.05) is 23.7 Å². The predicted octanol–water partition coefficient (Wildman–Crippen LogP) is 3.57. The van der Waals surface area contributed by atoms with Crippen molar-refractivity contribution in [3.63, 3.8) is 0 Å². The van der Waals surface area contributed by atoms with Gasteiger partial charge in [0.2, 0.25) is 11.8 Å². The Labute approximate surface area is 137 Å². The molecule has 0 saturated carbocycles. The monoisotopic (exact) mass is 332 g/mol. The second-order valence-corrected chi connectivity index (χ2v) is 6.35. The first-order valence-corrected chi connectivity index (χ1v) is 8.07. The van der Waals surface area contributed by atoms with Crippen molar-refractivity contribution in [1.29, 1.82) is 0 Å². The van der Waals surface area contributed by atoms with Crippen LogP contribution in [0.1, 0.15) is 5.56 Å². The van der Waals surface area contributed by atoms with Crippen molar-refractivity contribution in [2.45, 2.75) is 11.3 Å². The molecule has 0 radical (unpaired) electrons. The molecule has 0 saturated heterocycles. The van der Waals surface area contributed by atoms with Gasteiger partial charge in [-0.05, 0) is 35.9 Å². The maximum absolute atomic E-state index is 12.1. The number of thioether (sulfide) groups is 1. The Morgan fingerprint density at radius 2 is 2.00 bits per heavy atom. The first kappa shape index (κ1) is 14.9. The van der Waals surface area contributed by atoms with Crippen LogP contribution in [0.15, 0.2) is 47.4 Å². The van der Waals surface area contributed by atoms with E-state index in [4.69, 9.17) is 11.6 Å². The molecule has 22 heavy (non-hydrogen) atoms. The van der Waals surface area contributed by atoms with Gasteiger partial charge in [-0.3, -0.25) is 9.59 Å². The first-order valence-electron chi connectivity index (χ1n) is 6.71. The predicted molar refractivity (Wildman–Crippen MR) is 89.6 cm³/mol. The van der Waals surface area contributed by atoms with Gasteiger partial charge in [0, 0.05) is 15.6 Å². The van der Waals surface area contributed by atoms with Gasteiger partial charge in [-0.15, -0.1) is 11.8 Å². The van der Waals surface area contributed by atoms with Crippen LogP contribution in [0.5, 0.6) is 0 Å². The van der Waals surface area contributed by atoms with Gasteiger partial charge >= 0.3 is 0 Å². The molecule has 2 amide bonds. The van der Waals surface area contributed by atoms with E-state index >= 15 is 0 Å². The number of anilines is 2. The average molecular weight is 333 g/mol. The van der Waals surface area contributed by atoms with Gasteiger partial charge in [0.1, 0.15) is 0 Å². The van der Waals surface area contributed by atoms with E-state index in [1.807, 2.05) is 24.3 Å². The number of halogens is 1. The highest BCUT2D eigenvalue weighted by Crippen LogP contribution is 2.33. The molecule has 0 bridgehead atoms. The molecule has 2 aromatic rings. The van der Waals surface area contributed by atoms with Crippen molar-refractivity contribution in [1.82, 2.24) is 0 Å². The van der Waals surface area contributed by atoms with E-state index in [-0.39, 0.29) is 18.2 Å². The van der Waals surface area contributed by atoms with Crippen molar-refractivity contribution >= 4 is 46.6 Å².